The Morgan fingerprint density at radius 1 is 0.800 bits per heavy atom. The van der Waals surface area contributed by atoms with Gasteiger partial charge in [0.15, 0.2) is 0 Å². The van der Waals surface area contributed by atoms with Crippen LogP contribution in [0.4, 0.5) is 0 Å². The van der Waals surface area contributed by atoms with Crippen LogP contribution in [0.25, 0.3) is 0 Å². The zero-order chi connectivity index (χ0) is 2.00. The Balaban J connectivity index is -0.000000000333. The molecule has 0 amide bonds. The van der Waals surface area contributed by atoms with Gasteiger partial charge in [-0.3, -0.25) is 0 Å². The van der Waals surface area contributed by atoms with Crippen LogP contribution in [0.5, 0.6) is 0 Å². The summed E-state index contributed by atoms with van der Waals surface area (Å²) >= 11 is 0. The summed E-state index contributed by atoms with van der Waals surface area (Å²) < 4.78 is 0. The average molecular weight is 49.9 g/mol. The number of hydrogen-bond acceptors (Lipinski definition) is 0. The van der Waals surface area contributed by atoms with E-state index in [1.807, 2.05) is 0 Å². The summed E-state index contributed by atoms with van der Waals surface area (Å²) in [5.74, 6) is 0. The van der Waals surface area contributed by atoms with Crippen molar-refractivity contribution in [1.82, 2.24) is 0 Å². The van der Waals surface area contributed by atoms with E-state index < -0.39 is 0 Å². The monoisotopic (exact) mass is 50.1 g/mol. The first kappa shape index (κ1) is 32.9. The molecular formula is C2H5Li3. The minimum absolute atomic E-state index is 0. The van der Waals surface area contributed by atoms with Crippen molar-refractivity contribution in [3.05, 3.63) is 0 Å². The summed E-state index contributed by atoms with van der Waals surface area (Å²) in [6.07, 6.45) is 8.00. The fourth-order valence-corrected chi connectivity index (χ4v) is 0. The van der Waals surface area contributed by atoms with Gasteiger partial charge in [-0.1, -0.05) is 0 Å². The van der Waals surface area contributed by atoms with Crippen LogP contribution in [-0.4, -0.2) is 0 Å². The summed E-state index contributed by atoms with van der Waals surface area (Å²) in [6.45, 7) is 0. The van der Waals surface area contributed by atoms with Crippen LogP contribution < -0.4 is 56.6 Å². The molecule has 0 aliphatic carbocycles. The van der Waals surface area contributed by atoms with Crippen molar-refractivity contribution in [2.24, 2.45) is 0 Å². The molecule has 0 fully saturated rings. The third kappa shape index (κ3) is 32.9. The topological polar surface area (TPSA) is 0 Å². The van der Waals surface area contributed by atoms with Crippen molar-refractivity contribution in [3.8, 4) is 12.8 Å². The zero-order valence-corrected chi connectivity index (χ0v) is 4.15. The molecule has 16 valence electrons. The summed E-state index contributed by atoms with van der Waals surface area (Å²) in [7, 11) is 0. The first-order valence-electron chi connectivity index (χ1n) is 0.333. The second kappa shape index (κ2) is 55.4. The summed E-state index contributed by atoms with van der Waals surface area (Å²) in [5, 5.41) is 0. The van der Waals surface area contributed by atoms with Gasteiger partial charge in [-0.25, -0.2) is 0 Å². The molecule has 0 radical (unpaired) electrons. The maximum Gasteiger partial charge on any atom is 1.00 e. The van der Waals surface area contributed by atoms with Gasteiger partial charge in [0.25, 0.3) is 0 Å². The number of terminal acetylenes is 1. The molecule has 0 aliphatic heterocycles. The maximum absolute atomic E-state index is 4.00. The van der Waals surface area contributed by atoms with Crippen LogP contribution in [0.15, 0.2) is 0 Å². The summed E-state index contributed by atoms with van der Waals surface area (Å²) in [6, 6.07) is 0. The van der Waals surface area contributed by atoms with Gasteiger partial charge in [-0.05, 0) is 0 Å². The Morgan fingerprint density at radius 2 is 0.800 bits per heavy atom. The second-order valence-electron chi connectivity index (χ2n) is 0. The molecule has 0 aromatic rings. The third-order valence-corrected chi connectivity index (χ3v) is 0. The van der Waals surface area contributed by atoms with E-state index in [-0.39, 0.29) is 60.9 Å². The van der Waals surface area contributed by atoms with E-state index in [2.05, 4.69) is 12.8 Å². The molecule has 0 unspecified atom stereocenters. The standard InChI is InChI=1S/C2H2.3Li.3H/c1-2;;;;;;/h1-2H;;;;;;/q;3*+1;3*-1. The fraction of sp³-hybridized carbons (Fsp3) is 0. The molecule has 3 heteroatoms. The van der Waals surface area contributed by atoms with E-state index >= 15 is 0 Å². The van der Waals surface area contributed by atoms with E-state index in [0.717, 1.165) is 0 Å². The molecule has 0 aromatic carbocycles. The van der Waals surface area contributed by atoms with Gasteiger partial charge in [-0.15, -0.1) is 12.8 Å². The maximum atomic E-state index is 4.00. The molecule has 0 rings (SSSR count). The minimum atomic E-state index is 0. The Morgan fingerprint density at radius 3 is 0.800 bits per heavy atom. The van der Waals surface area contributed by atoms with E-state index in [9.17, 15) is 0 Å². The zero-order valence-electron chi connectivity index (χ0n) is 7.15. The molecular weight excluding hydrogens is 44.8 g/mol. The first-order chi connectivity index (χ1) is 1.00. The van der Waals surface area contributed by atoms with E-state index in [1.54, 1.807) is 0 Å². The second-order valence-corrected chi connectivity index (χ2v) is 0. The van der Waals surface area contributed by atoms with Crippen molar-refractivity contribution < 1.29 is 60.9 Å². The van der Waals surface area contributed by atoms with Gasteiger partial charge in [0, 0.05) is 0 Å². The van der Waals surface area contributed by atoms with Crippen LogP contribution >= 0.6 is 0 Å². The van der Waals surface area contributed by atoms with E-state index in [4.69, 9.17) is 0 Å². The smallest absolute Gasteiger partial charge is 1.00 e. The van der Waals surface area contributed by atoms with Gasteiger partial charge < -0.3 is 4.28 Å². The molecule has 0 aliphatic rings. The van der Waals surface area contributed by atoms with Gasteiger partial charge in [0.1, 0.15) is 0 Å². The molecule has 0 nitrogen and oxygen atoms in total. The van der Waals surface area contributed by atoms with Crippen molar-refractivity contribution in [3.63, 3.8) is 0 Å². The predicted octanol–water partition coefficient (Wildman–Crippen LogP) is -8.40. The van der Waals surface area contributed by atoms with Crippen LogP contribution in [0, 0.1) is 12.8 Å². The predicted molar refractivity (Wildman–Crippen MR) is 13.2 cm³/mol. The van der Waals surface area contributed by atoms with Crippen molar-refractivity contribution in [2.75, 3.05) is 0 Å². The molecule has 0 heterocycles. The number of hydrogen-bond donors (Lipinski definition) is 0. The van der Waals surface area contributed by atoms with Crippen LogP contribution in [0.3, 0.4) is 0 Å². The fourth-order valence-electron chi connectivity index (χ4n) is 0. The molecule has 0 atom stereocenters. The Kier molecular flexibility index (Phi) is 365. The number of rotatable bonds is 0. The summed E-state index contributed by atoms with van der Waals surface area (Å²) in [5.41, 5.74) is 0. The van der Waals surface area contributed by atoms with Crippen LogP contribution in [0.1, 0.15) is 4.28 Å². The normalized spacial score (nSPS) is 0.400. The molecule has 5 heavy (non-hydrogen) atoms. The van der Waals surface area contributed by atoms with Crippen LogP contribution in [-0.2, 0) is 0 Å². The molecule has 0 bridgehead atoms. The van der Waals surface area contributed by atoms with Crippen molar-refractivity contribution in [1.29, 1.82) is 0 Å². The van der Waals surface area contributed by atoms with E-state index in [1.165, 1.54) is 0 Å². The molecule has 0 saturated carbocycles. The van der Waals surface area contributed by atoms with Gasteiger partial charge in [-0.2, -0.15) is 0 Å². The molecule has 0 saturated heterocycles. The van der Waals surface area contributed by atoms with E-state index in [0.29, 0.717) is 0 Å². The van der Waals surface area contributed by atoms with Crippen LogP contribution in [0.2, 0.25) is 0 Å². The summed E-state index contributed by atoms with van der Waals surface area (Å²) in [4.78, 5) is 0. The third-order valence-electron chi connectivity index (χ3n) is 0. The van der Waals surface area contributed by atoms with Crippen molar-refractivity contribution in [2.45, 2.75) is 0 Å². The Bertz CT molecular complexity index is 17.2. The minimum Gasteiger partial charge on any atom is -1.00 e. The molecule has 0 N–H and O–H groups in total. The van der Waals surface area contributed by atoms with Crippen molar-refractivity contribution >= 4 is 0 Å². The first-order valence-corrected chi connectivity index (χ1v) is 0.333. The largest absolute Gasteiger partial charge is 1.00 e. The Labute approximate surface area is 73.5 Å². The van der Waals surface area contributed by atoms with Gasteiger partial charge in [0.2, 0.25) is 0 Å². The molecule has 0 spiro atoms. The van der Waals surface area contributed by atoms with Gasteiger partial charge >= 0.3 is 56.6 Å². The average Bonchev–Trinajstić information content (AvgIpc) is 1.00. The van der Waals surface area contributed by atoms with Gasteiger partial charge in [0.05, 0.1) is 0 Å². The quantitative estimate of drug-likeness (QED) is 0.189. The SMILES string of the molecule is C#C.[H-].[H-].[H-].[Li+].[Li+].[Li+]. The Hall–Kier alpha value is 1.35. The molecule has 0 aromatic heterocycles.